The number of halogens is 1. The molecule has 0 radical (unpaired) electrons. The maximum Gasteiger partial charge on any atom is 0.123 e. The van der Waals surface area contributed by atoms with Crippen molar-refractivity contribution in [3.63, 3.8) is 0 Å². The third-order valence-corrected chi connectivity index (χ3v) is 14.2. The minimum Gasteiger partial charge on any atom is -0.374 e. The van der Waals surface area contributed by atoms with Crippen molar-refractivity contribution in [2.75, 3.05) is 19.6 Å². The maximum atomic E-state index is 13.3. The van der Waals surface area contributed by atoms with Crippen LogP contribution in [0.5, 0.6) is 0 Å². The molecular formula is C40H64FNO2. The molecule has 1 heterocycles. The number of ether oxygens (including phenoxy) is 2. The van der Waals surface area contributed by atoms with E-state index in [0.29, 0.717) is 41.7 Å². The van der Waals surface area contributed by atoms with E-state index in [1.165, 1.54) is 96.7 Å². The molecule has 0 unspecified atom stereocenters. The molecule has 0 spiro atoms. The summed E-state index contributed by atoms with van der Waals surface area (Å²) in [6, 6.07) is 6.84. The predicted octanol–water partition coefficient (Wildman–Crippen LogP) is 9.92. The van der Waals surface area contributed by atoms with Gasteiger partial charge in [-0.1, -0.05) is 53.7 Å². The van der Waals surface area contributed by atoms with Crippen molar-refractivity contribution in [1.82, 2.24) is 4.90 Å². The average Bonchev–Trinajstić information content (AvgIpc) is 3.48. The smallest absolute Gasteiger partial charge is 0.123 e. The second-order valence-electron chi connectivity index (χ2n) is 16.9. The fraction of sp³-hybridized carbons (Fsp3) is 0.850. The number of benzene rings is 1. The van der Waals surface area contributed by atoms with Crippen molar-refractivity contribution < 1.29 is 13.9 Å². The van der Waals surface area contributed by atoms with Crippen LogP contribution < -0.4 is 0 Å². The van der Waals surface area contributed by atoms with Gasteiger partial charge in [-0.25, -0.2) is 4.39 Å². The predicted molar refractivity (Wildman–Crippen MR) is 179 cm³/mol. The Labute approximate surface area is 269 Å². The van der Waals surface area contributed by atoms with E-state index in [0.717, 1.165) is 41.1 Å². The van der Waals surface area contributed by atoms with E-state index in [-0.39, 0.29) is 5.82 Å². The minimum absolute atomic E-state index is 0.170. The average molecular weight is 610 g/mol. The summed E-state index contributed by atoms with van der Waals surface area (Å²) < 4.78 is 26.8. The first-order chi connectivity index (χ1) is 21.2. The van der Waals surface area contributed by atoms with E-state index in [1.807, 2.05) is 12.1 Å². The van der Waals surface area contributed by atoms with Gasteiger partial charge in [0, 0.05) is 6.54 Å². The zero-order valence-corrected chi connectivity index (χ0v) is 29.0. The van der Waals surface area contributed by atoms with Gasteiger partial charge in [-0.05, 0) is 160 Å². The third-order valence-electron chi connectivity index (χ3n) is 14.2. The van der Waals surface area contributed by atoms with Crippen LogP contribution in [0, 0.1) is 58.1 Å². The highest BCUT2D eigenvalue weighted by Gasteiger charge is 2.65. The van der Waals surface area contributed by atoms with Crippen LogP contribution in [0.15, 0.2) is 24.3 Å². The second-order valence-corrected chi connectivity index (χ2v) is 16.9. The number of fused-ring (bicyclic) bond motifs is 7. The maximum absolute atomic E-state index is 13.3. The molecule has 6 rings (SSSR count). The van der Waals surface area contributed by atoms with E-state index in [9.17, 15) is 4.39 Å². The van der Waals surface area contributed by atoms with Crippen molar-refractivity contribution in [3.05, 3.63) is 35.6 Å². The minimum atomic E-state index is -0.170. The molecule has 5 aliphatic rings. The number of hydrogen-bond acceptors (Lipinski definition) is 3. The monoisotopic (exact) mass is 609 g/mol. The second kappa shape index (κ2) is 13.6. The van der Waals surface area contributed by atoms with E-state index < -0.39 is 0 Å². The molecule has 1 aromatic carbocycles. The molecule has 248 valence electrons. The molecule has 44 heavy (non-hydrogen) atoms. The lowest BCUT2D eigenvalue weighted by Gasteiger charge is -2.61. The summed E-state index contributed by atoms with van der Waals surface area (Å²) in [5.74, 6) is 5.42. The fourth-order valence-corrected chi connectivity index (χ4v) is 12.1. The van der Waals surface area contributed by atoms with E-state index in [2.05, 4.69) is 46.4 Å². The summed E-state index contributed by atoms with van der Waals surface area (Å²) in [6.45, 7) is 19.4. The summed E-state index contributed by atoms with van der Waals surface area (Å²) in [5.41, 5.74) is 2.01. The van der Waals surface area contributed by atoms with E-state index in [4.69, 9.17) is 9.47 Å². The lowest BCUT2D eigenvalue weighted by atomic mass is 9.44. The number of nitrogens with zero attached hydrogens (tertiary/aromatic N) is 1. The van der Waals surface area contributed by atoms with Gasteiger partial charge < -0.3 is 14.4 Å². The van der Waals surface area contributed by atoms with Gasteiger partial charge in [0.25, 0.3) is 0 Å². The quantitative estimate of drug-likeness (QED) is 0.235. The van der Waals surface area contributed by atoms with Crippen molar-refractivity contribution >= 4 is 0 Å². The molecular weight excluding hydrogens is 545 g/mol. The standard InChI is InChI=1S/C40H64FNO2/c1-7-21-42(22-8-2)25-27(3)9-16-36-28(4)38-37(44-36)24-35-33-15-12-30-23-32(43-26-29-10-13-31(41)14-11-29)17-19-39(30,5)34(33)18-20-40(35,38)6/h10-11,13-14,27-28,30,32-38H,7-9,12,15-26H2,1-6H3/t27-,28+,30+,32-,33+,34-,35-,36+,37-,38-,39-,40-/m0/s1. The molecule has 4 aliphatic carbocycles. The molecule has 1 aliphatic heterocycles. The van der Waals surface area contributed by atoms with Gasteiger partial charge in [0.2, 0.25) is 0 Å². The summed E-state index contributed by atoms with van der Waals surface area (Å²) in [7, 11) is 0. The molecule has 1 aromatic rings. The normalized spacial score (nSPS) is 42.0. The van der Waals surface area contributed by atoms with Crippen LogP contribution in [-0.2, 0) is 16.1 Å². The van der Waals surface area contributed by atoms with Crippen LogP contribution in [0.25, 0.3) is 0 Å². The third kappa shape index (κ3) is 6.32. The Morgan fingerprint density at radius 1 is 0.955 bits per heavy atom. The molecule has 4 saturated carbocycles. The zero-order valence-electron chi connectivity index (χ0n) is 29.0. The van der Waals surface area contributed by atoms with Crippen molar-refractivity contribution in [2.45, 2.75) is 144 Å². The Balaban J connectivity index is 1.03. The highest BCUT2D eigenvalue weighted by Crippen LogP contribution is 2.70. The van der Waals surface area contributed by atoms with Gasteiger partial charge >= 0.3 is 0 Å². The fourth-order valence-electron chi connectivity index (χ4n) is 12.1. The Morgan fingerprint density at radius 2 is 1.68 bits per heavy atom. The van der Waals surface area contributed by atoms with Gasteiger partial charge in [0.05, 0.1) is 24.9 Å². The van der Waals surface area contributed by atoms with Crippen LogP contribution in [0.1, 0.15) is 124 Å². The van der Waals surface area contributed by atoms with Crippen LogP contribution in [0.2, 0.25) is 0 Å². The van der Waals surface area contributed by atoms with Crippen LogP contribution in [0.3, 0.4) is 0 Å². The first kappa shape index (κ1) is 33.0. The highest BCUT2D eigenvalue weighted by atomic mass is 19.1. The summed E-state index contributed by atoms with van der Waals surface area (Å²) in [6.07, 6.45) is 17.0. The Morgan fingerprint density at radius 3 is 2.41 bits per heavy atom. The number of rotatable bonds is 12. The van der Waals surface area contributed by atoms with Crippen molar-refractivity contribution in [1.29, 1.82) is 0 Å². The van der Waals surface area contributed by atoms with E-state index >= 15 is 0 Å². The van der Waals surface area contributed by atoms with Gasteiger partial charge in [-0.2, -0.15) is 0 Å². The highest BCUT2D eigenvalue weighted by molar-refractivity contribution is 5.16. The largest absolute Gasteiger partial charge is 0.374 e. The Bertz CT molecular complexity index is 1070. The topological polar surface area (TPSA) is 21.7 Å². The van der Waals surface area contributed by atoms with Gasteiger partial charge in [0.1, 0.15) is 5.82 Å². The van der Waals surface area contributed by atoms with Gasteiger partial charge in [0.15, 0.2) is 0 Å². The molecule has 0 bridgehead atoms. The molecule has 0 aromatic heterocycles. The lowest BCUT2D eigenvalue weighted by Crippen LogP contribution is -2.54. The Kier molecular flexibility index (Phi) is 10.2. The molecule has 3 nitrogen and oxygen atoms in total. The first-order valence-corrected chi connectivity index (χ1v) is 18.9. The van der Waals surface area contributed by atoms with E-state index in [1.54, 1.807) is 12.1 Å². The number of hydrogen-bond donors (Lipinski definition) is 0. The van der Waals surface area contributed by atoms with Crippen LogP contribution in [0.4, 0.5) is 4.39 Å². The van der Waals surface area contributed by atoms with Crippen LogP contribution in [-0.4, -0.2) is 42.8 Å². The molecule has 5 fully saturated rings. The lowest BCUT2D eigenvalue weighted by molar-refractivity contribution is -0.139. The van der Waals surface area contributed by atoms with Crippen molar-refractivity contribution in [2.24, 2.45) is 52.3 Å². The zero-order chi connectivity index (χ0) is 31.1. The molecule has 12 atom stereocenters. The van der Waals surface area contributed by atoms with Crippen molar-refractivity contribution in [3.8, 4) is 0 Å². The molecule has 0 N–H and O–H groups in total. The molecule has 4 heteroatoms. The molecule has 0 amide bonds. The summed E-state index contributed by atoms with van der Waals surface area (Å²) in [4.78, 5) is 2.69. The van der Waals surface area contributed by atoms with Gasteiger partial charge in [-0.3, -0.25) is 0 Å². The summed E-state index contributed by atoms with van der Waals surface area (Å²) >= 11 is 0. The SMILES string of the molecule is CCCN(CCC)C[C@@H](C)CC[C@H]1O[C@H]2C[C@H]3[C@@H]4CC[C@@H]5C[C@@H](OCc6ccc(F)cc6)CC[C@]5(C)[C@H]4CC[C@]3(C)[C@H]2[C@@H]1C. The van der Waals surface area contributed by atoms with Gasteiger partial charge in [-0.15, -0.1) is 0 Å². The molecule has 1 saturated heterocycles. The van der Waals surface area contributed by atoms with Crippen LogP contribution >= 0.6 is 0 Å². The first-order valence-electron chi connectivity index (χ1n) is 18.9. The Hall–Kier alpha value is -0.970. The summed E-state index contributed by atoms with van der Waals surface area (Å²) in [5, 5.41) is 0.